The van der Waals surface area contributed by atoms with E-state index in [1.54, 1.807) is 0 Å². The van der Waals surface area contributed by atoms with Crippen molar-refractivity contribution in [2.45, 2.75) is 31.6 Å². The van der Waals surface area contributed by atoms with E-state index in [1.165, 1.54) is 11.1 Å². The van der Waals surface area contributed by atoms with Crippen LogP contribution in [0.1, 0.15) is 34.3 Å². The van der Waals surface area contributed by atoms with Crippen molar-refractivity contribution in [1.29, 1.82) is 0 Å². The van der Waals surface area contributed by atoms with Gasteiger partial charge in [0.25, 0.3) is 5.91 Å². The summed E-state index contributed by atoms with van der Waals surface area (Å²) in [5.74, 6) is 0.0806. The van der Waals surface area contributed by atoms with Gasteiger partial charge in [0.15, 0.2) is 0 Å². The van der Waals surface area contributed by atoms with E-state index in [4.69, 9.17) is 16.3 Å². The number of fused-ring (bicyclic) bond motifs is 3. The van der Waals surface area contributed by atoms with Gasteiger partial charge < -0.3 is 19.1 Å². The first-order valence-corrected chi connectivity index (χ1v) is 11.3. The summed E-state index contributed by atoms with van der Waals surface area (Å²) in [4.78, 5) is 17.7. The summed E-state index contributed by atoms with van der Waals surface area (Å²) < 4.78 is 8.43. The molecule has 6 heteroatoms. The van der Waals surface area contributed by atoms with Crippen LogP contribution >= 0.6 is 11.6 Å². The van der Waals surface area contributed by atoms with Crippen molar-refractivity contribution < 1.29 is 9.53 Å². The van der Waals surface area contributed by atoms with Crippen LogP contribution in [0.15, 0.2) is 48.7 Å². The number of likely N-dealkylation sites (tertiary alicyclic amines) is 1. The van der Waals surface area contributed by atoms with Gasteiger partial charge in [0.2, 0.25) is 0 Å². The lowest BCUT2D eigenvalue weighted by atomic mass is 9.83. The van der Waals surface area contributed by atoms with Gasteiger partial charge in [-0.25, -0.2) is 0 Å². The standard InChI is InChI=1S/C25H28ClN3O2/c1-27(2)13-14-29-16-21(20-15-19(26)7-8-23(20)29)24(30)28-11-9-25(10-12-28)22-6-4-3-5-18(22)17-31-25/h3-8,15-16H,9-14,17H2,1-2H3. The molecular formula is C25H28ClN3O2. The molecule has 1 saturated heterocycles. The number of hydrogen-bond donors (Lipinski definition) is 0. The molecular weight excluding hydrogens is 410 g/mol. The predicted octanol–water partition coefficient (Wildman–Crippen LogP) is 4.52. The van der Waals surface area contributed by atoms with Crippen molar-refractivity contribution in [3.05, 3.63) is 70.4 Å². The summed E-state index contributed by atoms with van der Waals surface area (Å²) in [6.45, 7) is 3.79. The molecule has 0 atom stereocenters. The predicted molar refractivity (Wildman–Crippen MR) is 124 cm³/mol. The number of carbonyl (C=O) groups is 1. The second-order valence-electron chi connectivity index (χ2n) is 8.93. The highest BCUT2D eigenvalue weighted by molar-refractivity contribution is 6.31. The third kappa shape index (κ3) is 3.65. The maximum absolute atomic E-state index is 13.5. The third-order valence-electron chi connectivity index (χ3n) is 6.73. The number of piperidine rings is 1. The highest BCUT2D eigenvalue weighted by Crippen LogP contribution is 2.44. The van der Waals surface area contributed by atoms with E-state index in [-0.39, 0.29) is 11.5 Å². The topological polar surface area (TPSA) is 37.7 Å². The van der Waals surface area contributed by atoms with Crippen molar-refractivity contribution in [2.24, 2.45) is 0 Å². The number of carbonyl (C=O) groups excluding carboxylic acids is 1. The second-order valence-corrected chi connectivity index (χ2v) is 9.37. The molecule has 1 aromatic heterocycles. The van der Waals surface area contributed by atoms with Crippen LogP contribution in [0.5, 0.6) is 0 Å². The molecule has 2 aliphatic heterocycles. The maximum Gasteiger partial charge on any atom is 0.256 e. The number of nitrogens with zero attached hydrogens (tertiary/aromatic N) is 3. The Labute approximate surface area is 188 Å². The Morgan fingerprint density at radius 3 is 2.71 bits per heavy atom. The van der Waals surface area contributed by atoms with Crippen LogP contribution in [-0.4, -0.2) is 54.0 Å². The van der Waals surface area contributed by atoms with E-state index < -0.39 is 0 Å². The molecule has 3 heterocycles. The number of ether oxygens (including phenoxy) is 1. The van der Waals surface area contributed by atoms with Crippen LogP contribution in [0.4, 0.5) is 0 Å². The fraction of sp³-hybridized carbons (Fsp3) is 0.400. The molecule has 3 aromatic rings. The minimum absolute atomic E-state index is 0.0806. The van der Waals surface area contributed by atoms with Crippen LogP contribution in [0, 0.1) is 0 Å². The average molecular weight is 438 g/mol. The Hall–Kier alpha value is -2.34. The van der Waals surface area contributed by atoms with Gasteiger partial charge in [0.05, 0.1) is 17.8 Å². The molecule has 1 fully saturated rings. The Bertz CT molecular complexity index is 1130. The first kappa shape index (κ1) is 20.6. The monoisotopic (exact) mass is 437 g/mol. The van der Waals surface area contributed by atoms with E-state index >= 15 is 0 Å². The van der Waals surface area contributed by atoms with Gasteiger partial charge in [0.1, 0.15) is 0 Å². The molecule has 1 amide bonds. The van der Waals surface area contributed by atoms with Crippen molar-refractivity contribution in [3.8, 4) is 0 Å². The fourth-order valence-corrected chi connectivity index (χ4v) is 5.14. The van der Waals surface area contributed by atoms with Gasteiger partial charge in [-0.3, -0.25) is 4.79 Å². The molecule has 2 aromatic carbocycles. The summed E-state index contributed by atoms with van der Waals surface area (Å²) in [5.41, 5.74) is 4.13. The summed E-state index contributed by atoms with van der Waals surface area (Å²) >= 11 is 6.29. The summed E-state index contributed by atoms with van der Waals surface area (Å²) in [6.07, 6.45) is 3.66. The molecule has 5 rings (SSSR count). The van der Waals surface area contributed by atoms with Crippen molar-refractivity contribution in [2.75, 3.05) is 33.7 Å². The van der Waals surface area contributed by atoms with Gasteiger partial charge in [0, 0.05) is 48.3 Å². The van der Waals surface area contributed by atoms with Crippen LogP contribution in [0.2, 0.25) is 5.02 Å². The Kier molecular flexibility index (Phi) is 5.29. The highest BCUT2D eigenvalue weighted by Gasteiger charge is 2.43. The van der Waals surface area contributed by atoms with E-state index in [0.29, 0.717) is 24.7 Å². The molecule has 5 nitrogen and oxygen atoms in total. The van der Waals surface area contributed by atoms with Crippen molar-refractivity contribution in [1.82, 2.24) is 14.4 Å². The second kappa shape index (κ2) is 7.97. The number of benzene rings is 2. The van der Waals surface area contributed by atoms with Crippen molar-refractivity contribution >= 4 is 28.4 Å². The summed E-state index contributed by atoms with van der Waals surface area (Å²) in [5, 5.41) is 1.58. The van der Waals surface area contributed by atoms with Gasteiger partial charge in [-0.15, -0.1) is 0 Å². The molecule has 2 aliphatic rings. The lowest BCUT2D eigenvalue weighted by molar-refractivity contribution is -0.0741. The Morgan fingerprint density at radius 2 is 1.94 bits per heavy atom. The molecule has 31 heavy (non-hydrogen) atoms. The number of aromatic nitrogens is 1. The minimum Gasteiger partial charge on any atom is -0.365 e. The third-order valence-corrected chi connectivity index (χ3v) is 6.97. The quantitative estimate of drug-likeness (QED) is 0.602. The Morgan fingerprint density at radius 1 is 1.16 bits per heavy atom. The molecule has 0 bridgehead atoms. The van der Waals surface area contributed by atoms with Crippen LogP contribution < -0.4 is 0 Å². The first-order chi connectivity index (χ1) is 15.0. The molecule has 0 unspecified atom stereocenters. The zero-order chi connectivity index (χ0) is 21.6. The average Bonchev–Trinajstić information content (AvgIpc) is 3.31. The normalized spacial score (nSPS) is 17.6. The van der Waals surface area contributed by atoms with E-state index in [9.17, 15) is 4.79 Å². The number of hydrogen-bond acceptors (Lipinski definition) is 3. The number of halogens is 1. The van der Waals surface area contributed by atoms with E-state index in [2.05, 4.69) is 47.8 Å². The fourth-order valence-electron chi connectivity index (χ4n) is 4.97. The first-order valence-electron chi connectivity index (χ1n) is 10.9. The van der Waals surface area contributed by atoms with E-state index in [1.807, 2.05) is 29.3 Å². The zero-order valence-corrected chi connectivity index (χ0v) is 18.9. The van der Waals surface area contributed by atoms with Gasteiger partial charge in [-0.2, -0.15) is 0 Å². The van der Waals surface area contributed by atoms with E-state index in [0.717, 1.165) is 42.4 Å². The zero-order valence-electron chi connectivity index (χ0n) is 18.1. The lowest BCUT2D eigenvalue weighted by Gasteiger charge is -2.39. The summed E-state index contributed by atoms with van der Waals surface area (Å²) in [6, 6.07) is 14.3. The molecule has 0 N–H and O–H groups in total. The molecule has 1 spiro atoms. The maximum atomic E-state index is 13.5. The number of amides is 1. The summed E-state index contributed by atoms with van der Waals surface area (Å²) in [7, 11) is 4.11. The SMILES string of the molecule is CN(C)CCn1cc(C(=O)N2CCC3(CC2)OCc2ccccc23)c2cc(Cl)ccc21. The largest absolute Gasteiger partial charge is 0.365 e. The molecule has 0 radical (unpaired) electrons. The van der Waals surface area contributed by atoms with Crippen LogP contribution in [0.3, 0.4) is 0 Å². The van der Waals surface area contributed by atoms with Crippen LogP contribution in [0.25, 0.3) is 10.9 Å². The van der Waals surface area contributed by atoms with Gasteiger partial charge in [-0.05, 0) is 56.3 Å². The number of rotatable bonds is 4. The van der Waals surface area contributed by atoms with Gasteiger partial charge >= 0.3 is 0 Å². The molecule has 162 valence electrons. The van der Waals surface area contributed by atoms with Gasteiger partial charge in [-0.1, -0.05) is 35.9 Å². The minimum atomic E-state index is -0.240. The highest BCUT2D eigenvalue weighted by atomic mass is 35.5. The lowest BCUT2D eigenvalue weighted by Crippen LogP contribution is -2.45. The van der Waals surface area contributed by atoms with Crippen molar-refractivity contribution in [3.63, 3.8) is 0 Å². The van der Waals surface area contributed by atoms with Crippen LogP contribution in [-0.2, 0) is 23.5 Å². The smallest absolute Gasteiger partial charge is 0.256 e. The molecule has 0 aliphatic carbocycles. The molecule has 0 saturated carbocycles. The number of likely N-dealkylation sites (N-methyl/N-ethyl adjacent to an activating group) is 1. The Balaban J connectivity index is 1.39.